The van der Waals surface area contributed by atoms with Crippen LogP contribution in [0.4, 0.5) is 0 Å². The maximum atomic E-state index is 12.8. The Morgan fingerprint density at radius 2 is 2.15 bits per heavy atom. The first-order chi connectivity index (χ1) is 16.0. The monoisotopic (exact) mass is 462 g/mol. The number of aromatic nitrogens is 3. The van der Waals surface area contributed by atoms with Crippen molar-refractivity contribution in [1.29, 1.82) is 0 Å². The summed E-state index contributed by atoms with van der Waals surface area (Å²) in [6, 6.07) is 6.67. The molecular weight excluding hydrogens is 432 g/mol. The average molecular weight is 463 g/mol. The van der Waals surface area contributed by atoms with Crippen molar-refractivity contribution in [3.8, 4) is 10.9 Å². The van der Waals surface area contributed by atoms with Gasteiger partial charge in [0.2, 0.25) is 5.13 Å². The van der Waals surface area contributed by atoms with Gasteiger partial charge in [-0.1, -0.05) is 6.07 Å². The van der Waals surface area contributed by atoms with Gasteiger partial charge >= 0.3 is 0 Å². The summed E-state index contributed by atoms with van der Waals surface area (Å²) in [7, 11) is 1.73. The highest BCUT2D eigenvalue weighted by Gasteiger charge is 2.65. The first-order valence-electron chi connectivity index (χ1n) is 12.1. The second-order valence-electron chi connectivity index (χ2n) is 10.5. The molecule has 172 valence electrons. The molecule has 0 spiro atoms. The maximum absolute atomic E-state index is 12.8. The van der Waals surface area contributed by atoms with E-state index in [1.807, 2.05) is 16.3 Å². The van der Waals surface area contributed by atoms with Gasteiger partial charge in [0, 0.05) is 42.4 Å². The number of hydrogen-bond donors (Lipinski definition) is 1. The predicted octanol–water partition coefficient (Wildman–Crippen LogP) is 3.45. The summed E-state index contributed by atoms with van der Waals surface area (Å²) in [5.74, 6) is 1.69. The number of thiazole rings is 1. The number of benzene rings is 1. The van der Waals surface area contributed by atoms with E-state index in [0.29, 0.717) is 6.42 Å². The predicted molar refractivity (Wildman–Crippen MR) is 127 cm³/mol. The zero-order chi connectivity index (χ0) is 22.4. The smallest absolute Gasteiger partial charge is 0.210 e. The molecule has 3 aromatic rings. The van der Waals surface area contributed by atoms with E-state index in [9.17, 15) is 5.11 Å². The number of piperidine rings is 1. The van der Waals surface area contributed by atoms with Gasteiger partial charge in [0.1, 0.15) is 5.75 Å². The molecule has 3 heterocycles. The van der Waals surface area contributed by atoms with Crippen molar-refractivity contribution in [2.45, 2.75) is 62.5 Å². The van der Waals surface area contributed by atoms with Crippen LogP contribution in [0.3, 0.4) is 0 Å². The van der Waals surface area contributed by atoms with Gasteiger partial charge in [0.05, 0.1) is 24.1 Å². The normalized spacial score (nSPS) is 30.5. The lowest BCUT2D eigenvalue weighted by Crippen LogP contribution is -2.74. The molecule has 1 N–H and O–H groups in total. The van der Waals surface area contributed by atoms with Gasteiger partial charge in [-0.25, -0.2) is 9.67 Å². The molecule has 0 amide bonds. The molecule has 3 atom stereocenters. The minimum absolute atomic E-state index is 0.142. The maximum Gasteiger partial charge on any atom is 0.210 e. The molecule has 1 saturated heterocycles. The van der Waals surface area contributed by atoms with Gasteiger partial charge in [0.15, 0.2) is 0 Å². The first kappa shape index (κ1) is 20.2. The average Bonchev–Trinajstić information content (AvgIpc) is 3.36. The zero-order valence-corrected chi connectivity index (χ0v) is 20.1. The van der Waals surface area contributed by atoms with Crippen LogP contribution in [0.1, 0.15) is 47.3 Å². The number of rotatable bonds is 4. The Kier molecular flexibility index (Phi) is 4.22. The SMILES string of the molecule is COc1ccc2c(c1)[C@]13CCN(CC4CC4)[C@H](C2)[C@]1(O)Cc1c(C)nn(-c2nccs2)c1C3. The highest BCUT2D eigenvalue weighted by molar-refractivity contribution is 7.12. The number of hydrogen-bond acceptors (Lipinski definition) is 6. The van der Waals surface area contributed by atoms with Gasteiger partial charge < -0.3 is 9.84 Å². The highest BCUT2D eigenvalue weighted by atomic mass is 32.1. The summed E-state index contributed by atoms with van der Waals surface area (Å²) >= 11 is 1.62. The van der Waals surface area contributed by atoms with Crippen LogP contribution in [-0.4, -0.2) is 56.6 Å². The van der Waals surface area contributed by atoms with E-state index in [0.717, 1.165) is 54.8 Å². The number of aryl methyl sites for hydroxylation is 1. The Morgan fingerprint density at radius 3 is 2.91 bits per heavy atom. The van der Waals surface area contributed by atoms with E-state index < -0.39 is 5.60 Å². The minimum atomic E-state index is -0.812. The Labute approximate surface area is 198 Å². The molecule has 1 aromatic carbocycles. The van der Waals surface area contributed by atoms with Crippen LogP contribution in [0.5, 0.6) is 5.75 Å². The molecule has 2 aromatic heterocycles. The van der Waals surface area contributed by atoms with Crippen LogP contribution in [-0.2, 0) is 24.7 Å². The fraction of sp³-hybridized carbons (Fsp3) is 0.538. The summed E-state index contributed by atoms with van der Waals surface area (Å²) in [4.78, 5) is 7.18. The second kappa shape index (κ2) is 6.90. The summed E-state index contributed by atoms with van der Waals surface area (Å²) in [5.41, 5.74) is 4.95. The van der Waals surface area contributed by atoms with Crippen LogP contribution < -0.4 is 4.74 Å². The van der Waals surface area contributed by atoms with Gasteiger partial charge in [-0.15, -0.1) is 11.3 Å². The van der Waals surface area contributed by atoms with Gasteiger partial charge in [-0.3, -0.25) is 4.90 Å². The third-order valence-electron chi connectivity index (χ3n) is 8.89. The quantitative estimate of drug-likeness (QED) is 0.644. The lowest BCUT2D eigenvalue weighted by atomic mass is 9.49. The number of nitrogens with zero attached hydrogens (tertiary/aromatic N) is 4. The zero-order valence-electron chi connectivity index (χ0n) is 19.3. The van der Waals surface area contributed by atoms with Crippen molar-refractivity contribution >= 4 is 11.3 Å². The summed E-state index contributed by atoms with van der Waals surface area (Å²) in [6.45, 7) is 4.25. The molecule has 0 radical (unpaired) electrons. The van der Waals surface area contributed by atoms with Crippen LogP contribution >= 0.6 is 11.3 Å². The molecule has 1 aliphatic heterocycles. The molecular formula is C26H30N4O2S. The first-order valence-corrected chi connectivity index (χ1v) is 13.0. The topological polar surface area (TPSA) is 63.4 Å². The van der Waals surface area contributed by atoms with E-state index in [4.69, 9.17) is 9.84 Å². The van der Waals surface area contributed by atoms with Crippen LogP contribution in [0.15, 0.2) is 29.8 Å². The van der Waals surface area contributed by atoms with Crippen molar-refractivity contribution in [2.24, 2.45) is 5.92 Å². The van der Waals surface area contributed by atoms with Crippen LogP contribution in [0, 0.1) is 12.8 Å². The van der Waals surface area contributed by atoms with E-state index in [-0.39, 0.29) is 11.5 Å². The van der Waals surface area contributed by atoms with Crippen molar-refractivity contribution in [3.63, 3.8) is 0 Å². The van der Waals surface area contributed by atoms with E-state index in [1.54, 1.807) is 18.4 Å². The molecule has 1 saturated carbocycles. The van der Waals surface area contributed by atoms with Crippen molar-refractivity contribution in [3.05, 3.63) is 57.9 Å². The van der Waals surface area contributed by atoms with Crippen LogP contribution in [0.2, 0.25) is 0 Å². The third-order valence-corrected chi connectivity index (χ3v) is 9.64. The minimum Gasteiger partial charge on any atom is -0.497 e. The van der Waals surface area contributed by atoms with Gasteiger partial charge in [-0.05, 0) is 73.9 Å². The third kappa shape index (κ3) is 2.73. The number of likely N-dealkylation sites (tertiary alicyclic amines) is 1. The summed E-state index contributed by atoms with van der Waals surface area (Å²) in [6.07, 6.45) is 7.81. The van der Waals surface area contributed by atoms with Crippen molar-refractivity contribution in [2.75, 3.05) is 20.2 Å². The Hall–Kier alpha value is -2.22. The van der Waals surface area contributed by atoms with Crippen LogP contribution in [0.25, 0.3) is 5.13 Å². The molecule has 4 aliphatic rings. The fourth-order valence-corrected chi connectivity index (χ4v) is 7.65. The molecule has 2 bridgehead atoms. The van der Waals surface area contributed by atoms with E-state index in [1.165, 1.54) is 35.2 Å². The Morgan fingerprint density at radius 1 is 1.27 bits per heavy atom. The molecule has 6 nitrogen and oxygen atoms in total. The molecule has 7 heteroatoms. The molecule has 0 unspecified atom stereocenters. The number of ether oxygens (including phenoxy) is 1. The second-order valence-corrected chi connectivity index (χ2v) is 11.4. The lowest BCUT2D eigenvalue weighted by Gasteiger charge is -2.63. The van der Waals surface area contributed by atoms with Crippen molar-refractivity contribution < 1.29 is 9.84 Å². The Bertz CT molecular complexity index is 1230. The lowest BCUT2D eigenvalue weighted by molar-refractivity contribution is -0.152. The molecule has 33 heavy (non-hydrogen) atoms. The molecule has 2 fully saturated rings. The van der Waals surface area contributed by atoms with E-state index in [2.05, 4.69) is 35.0 Å². The number of methoxy groups -OCH3 is 1. The highest BCUT2D eigenvalue weighted by Crippen LogP contribution is 2.58. The molecule has 7 rings (SSSR count). The largest absolute Gasteiger partial charge is 0.497 e. The standard InChI is InChI=1S/C26H30N4O2S/c1-16-20-13-26(31)23-11-18-5-6-19(32-2)12-21(18)25(26,7-9-29(23)15-17-3-4-17)14-22(20)30(28-16)24-27-8-10-33-24/h5-6,8,10,12,17,23,31H,3-4,7,9,11,13-15H2,1-2H3/t23-,25-,26-/m1/s1. The van der Waals surface area contributed by atoms with Gasteiger partial charge in [0.25, 0.3) is 0 Å². The Balaban J connectivity index is 1.43. The summed E-state index contributed by atoms with van der Waals surface area (Å²) in [5, 5.41) is 20.6. The number of fused-ring (bicyclic) bond motifs is 2. The molecule has 3 aliphatic carbocycles. The van der Waals surface area contributed by atoms with Crippen molar-refractivity contribution in [1.82, 2.24) is 19.7 Å². The number of aliphatic hydroxyl groups is 1. The van der Waals surface area contributed by atoms with E-state index >= 15 is 0 Å². The fourth-order valence-electron chi connectivity index (χ4n) is 7.04. The summed E-state index contributed by atoms with van der Waals surface area (Å²) < 4.78 is 7.69. The van der Waals surface area contributed by atoms with Gasteiger partial charge in [-0.2, -0.15) is 5.10 Å².